The topological polar surface area (TPSA) is 75.0 Å². The highest BCUT2D eigenvalue weighted by Crippen LogP contribution is 2.28. The molecule has 2 rings (SSSR count). The first kappa shape index (κ1) is 15.5. The van der Waals surface area contributed by atoms with E-state index in [1.807, 2.05) is 6.07 Å². The van der Waals surface area contributed by atoms with Crippen LogP contribution in [0.15, 0.2) is 48.3 Å². The Labute approximate surface area is 132 Å². The SMILES string of the molecule is COc1ccc(Cl)cc1NC(=O)C(C#N)=Cc1cccnc1. The number of benzene rings is 1. The molecule has 1 heterocycles. The quantitative estimate of drug-likeness (QED) is 0.694. The third kappa shape index (κ3) is 3.84. The zero-order valence-corrected chi connectivity index (χ0v) is 12.5. The lowest BCUT2D eigenvalue weighted by molar-refractivity contribution is -0.112. The summed E-state index contributed by atoms with van der Waals surface area (Å²) in [7, 11) is 1.48. The van der Waals surface area contributed by atoms with Gasteiger partial charge in [-0.25, -0.2) is 0 Å². The van der Waals surface area contributed by atoms with Gasteiger partial charge in [0.25, 0.3) is 5.91 Å². The second-order valence-corrected chi connectivity index (χ2v) is 4.69. The molecule has 2 aromatic rings. The molecule has 1 aromatic carbocycles. The molecule has 0 atom stereocenters. The molecule has 0 bridgehead atoms. The molecule has 110 valence electrons. The zero-order chi connectivity index (χ0) is 15.9. The number of carbonyl (C=O) groups is 1. The van der Waals surface area contributed by atoms with Gasteiger partial charge in [-0.05, 0) is 35.9 Å². The van der Waals surface area contributed by atoms with Crippen LogP contribution in [0.3, 0.4) is 0 Å². The highest BCUT2D eigenvalue weighted by molar-refractivity contribution is 6.31. The number of methoxy groups -OCH3 is 1. The maximum absolute atomic E-state index is 12.2. The van der Waals surface area contributed by atoms with Gasteiger partial charge in [-0.1, -0.05) is 17.7 Å². The van der Waals surface area contributed by atoms with Gasteiger partial charge in [-0.15, -0.1) is 0 Å². The predicted octanol–water partition coefficient (Wildman–Crippen LogP) is 3.29. The summed E-state index contributed by atoms with van der Waals surface area (Å²) in [5, 5.41) is 12.2. The van der Waals surface area contributed by atoms with Gasteiger partial charge >= 0.3 is 0 Å². The highest BCUT2D eigenvalue weighted by Gasteiger charge is 2.12. The van der Waals surface area contributed by atoms with E-state index < -0.39 is 5.91 Å². The lowest BCUT2D eigenvalue weighted by Gasteiger charge is -2.10. The molecular weight excluding hydrogens is 302 g/mol. The molecule has 0 unspecified atom stereocenters. The number of nitriles is 1. The van der Waals surface area contributed by atoms with Gasteiger partial charge in [0.05, 0.1) is 12.8 Å². The fourth-order valence-electron chi connectivity index (χ4n) is 1.74. The Morgan fingerprint density at radius 1 is 1.45 bits per heavy atom. The molecule has 0 fully saturated rings. The molecule has 6 heteroatoms. The minimum Gasteiger partial charge on any atom is -0.495 e. The second kappa shape index (κ2) is 7.25. The van der Waals surface area contributed by atoms with Crippen LogP contribution >= 0.6 is 11.6 Å². The average molecular weight is 314 g/mol. The van der Waals surface area contributed by atoms with Crippen molar-refractivity contribution in [1.29, 1.82) is 5.26 Å². The maximum atomic E-state index is 12.2. The van der Waals surface area contributed by atoms with Crippen LogP contribution < -0.4 is 10.1 Å². The third-order valence-electron chi connectivity index (χ3n) is 2.77. The van der Waals surface area contributed by atoms with Crippen LogP contribution in [0.25, 0.3) is 6.08 Å². The summed E-state index contributed by atoms with van der Waals surface area (Å²) in [6.07, 6.45) is 4.63. The largest absolute Gasteiger partial charge is 0.495 e. The third-order valence-corrected chi connectivity index (χ3v) is 3.01. The number of amides is 1. The van der Waals surface area contributed by atoms with Crippen molar-refractivity contribution in [3.05, 3.63) is 58.9 Å². The van der Waals surface area contributed by atoms with Crippen molar-refractivity contribution in [3.63, 3.8) is 0 Å². The van der Waals surface area contributed by atoms with E-state index in [1.165, 1.54) is 13.2 Å². The molecule has 0 aliphatic heterocycles. The fraction of sp³-hybridized carbons (Fsp3) is 0.0625. The van der Waals surface area contributed by atoms with E-state index >= 15 is 0 Å². The number of aromatic nitrogens is 1. The van der Waals surface area contributed by atoms with Crippen LogP contribution in [-0.2, 0) is 4.79 Å². The van der Waals surface area contributed by atoms with Crippen molar-refractivity contribution in [2.75, 3.05) is 12.4 Å². The molecule has 0 radical (unpaired) electrons. The monoisotopic (exact) mass is 313 g/mol. The van der Waals surface area contributed by atoms with Gasteiger partial charge in [0.1, 0.15) is 17.4 Å². The number of carbonyl (C=O) groups excluding carboxylic acids is 1. The van der Waals surface area contributed by atoms with Crippen molar-refractivity contribution in [2.24, 2.45) is 0 Å². The van der Waals surface area contributed by atoms with E-state index in [-0.39, 0.29) is 5.57 Å². The first-order chi connectivity index (χ1) is 10.6. The van der Waals surface area contributed by atoms with Crippen molar-refractivity contribution >= 4 is 29.3 Å². The Kier molecular flexibility index (Phi) is 5.12. The summed E-state index contributed by atoms with van der Waals surface area (Å²) in [4.78, 5) is 16.1. The van der Waals surface area contributed by atoms with Gasteiger partial charge in [-0.3, -0.25) is 9.78 Å². The number of halogens is 1. The standard InChI is InChI=1S/C16H12ClN3O2/c1-22-15-5-4-13(17)8-14(15)20-16(21)12(9-18)7-11-3-2-6-19-10-11/h2-8,10H,1H3,(H,20,21). The molecule has 5 nitrogen and oxygen atoms in total. The molecule has 0 aliphatic rings. The number of hydrogen-bond donors (Lipinski definition) is 1. The summed E-state index contributed by atoms with van der Waals surface area (Å²) in [6.45, 7) is 0. The first-order valence-electron chi connectivity index (χ1n) is 6.30. The Morgan fingerprint density at radius 3 is 2.91 bits per heavy atom. The molecule has 0 saturated carbocycles. The molecule has 1 aromatic heterocycles. The summed E-state index contributed by atoms with van der Waals surface area (Å²) in [5.74, 6) is -0.0941. The average Bonchev–Trinajstić information content (AvgIpc) is 2.53. The van der Waals surface area contributed by atoms with Gasteiger partial charge in [-0.2, -0.15) is 5.26 Å². The Balaban J connectivity index is 2.26. The predicted molar refractivity (Wildman–Crippen MR) is 84.5 cm³/mol. The van der Waals surface area contributed by atoms with Crippen molar-refractivity contribution in [2.45, 2.75) is 0 Å². The minimum absolute atomic E-state index is 0.0463. The number of rotatable bonds is 4. The summed E-state index contributed by atoms with van der Waals surface area (Å²) >= 11 is 5.91. The van der Waals surface area contributed by atoms with Crippen LogP contribution in [0, 0.1) is 11.3 Å². The molecule has 1 amide bonds. The van der Waals surface area contributed by atoms with Gasteiger partial charge in [0, 0.05) is 17.4 Å². The summed E-state index contributed by atoms with van der Waals surface area (Å²) < 4.78 is 5.15. The van der Waals surface area contributed by atoms with Gasteiger partial charge in [0.15, 0.2) is 0 Å². The normalized spacial score (nSPS) is 10.7. The summed E-state index contributed by atoms with van der Waals surface area (Å²) in [5.41, 5.74) is 1.01. The Bertz CT molecular complexity index is 752. The lowest BCUT2D eigenvalue weighted by Crippen LogP contribution is -2.14. The molecule has 0 saturated heterocycles. The van der Waals surface area contributed by atoms with E-state index in [9.17, 15) is 4.79 Å². The number of nitrogens with zero attached hydrogens (tertiary/aromatic N) is 2. The van der Waals surface area contributed by atoms with Crippen LogP contribution in [0.5, 0.6) is 5.75 Å². The van der Waals surface area contributed by atoms with E-state index in [1.54, 1.807) is 42.7 Å². The maximum Gasteiger partial charge on any atom is 0.266 e. The van der Waals surface area contributed by atoms with Crippen LogP contribution in [-0.4, -0.2) is 18.0 Å². The smallest absolute Gasteiger partial charge is 0.266 e. The van der Waals surface area contributed by atoms with Crippen LogP contribution in [0.1, 0.15) is 5.56 Å². The molecule has 1 N–H and O–H groups in total. The molecule has 0 spiro atoms. The number of pyridine rings is 1. The second-order valence-electron chi connectivity index (χ2n) is 4.25. The Morgan fingerprint density at radius 2 is 2.27 bits per heavy atom. The lowest BCUT2D eigenvalue weighted by atomic mass is 10.1. The van der Waals surface area contributed by atoms with Gasteiger partial charge in [0.2, 0.25) is 0 Å². The van der Waals surface area contributed by atoms with Gasteiger partial charge < -0.3 is 10.1 Å². The Hall–Kier alpha value is -2.84. The van der Waals surface area contributed by atoms with Crippen molar-refractivity contribution in [1.82, 2.24) is 4.98 Å². The fourth-order valence-corrected chi connectivity index (χ4v) is 1.92. The minimum atomic E-state index is -0.549. The zero-order valence-electron chi connectivity index (χ0n) is 11.7. The molecule has 0 aliphatic carbocycles. The van der Waals surface area contributed by atoms with E-state index in [0.29, 0.717) is 22.0 Å². The number of anilines is 1. The van der Waals surface area contributed by atoms with Crippen molar-refractivity contribution < 1.29 is 9.53 Å². The van der Waals surface area contributed by atoms with E-state index in [4.69, 9.17) is 21.6 Å². The number of ether oxygens (including phenoxy) is 1. The number of hydrogen-bond acceptors (Lipinski definition) is 4. The first-order valence-corrected chi connectivity index (χ1v) is 6.68. The van der Waals surface area contributed by atoms with Crippen LogP contribution in [0.4, 0.5) is 5.69 Å². The van der Waals surface area contributed by atoms with E-state index in [0.717, 1.165) is 0 Å². The van der Waals surface area contributed by atoms with Crippen LogP contribution in [0.2, 0.25) is 5.02 Å². The molecule has 22 heavy (non-hydrogen) atoms. The summed E-state index contributed by atoms with van der Waals surface area (Å²) in [6, 6.07) is 10.2. The van der Waals surface area contributed by atoms with Crippen molar-refractivity contribution in [3.8, 4) is 11.8 Å². The number of nitrogens with one attached hydrogen (secondary N) is 1. The van der Waals surface area contributed by atoms with E-state index in [2.05, 4.69) is 10.3 Å². The highest BCUT2D eigenvalue weighted by atomic mass is 35.5. The molecular formula is C16H12ClN3O2.